The van der Waals surface area contributed by atoms with Crippen molar-refractivity contribution in [3.63, 3.8) is 0 Å². The van der Waals surface area contributed by atoms with Crippen LogP contribution >= 0.6 is 0 Å². The summed E-state index contributed by atoms with van der Waals surface area (Å²) in [7, 11) is 0. The fourth-order valence-electron chi connectivity index (χ4n) is 1.01. The summed E-state index contributed by atoms with van der Waals surface area (Å²) in [6.45, 7) is 2.11. The zero-order valence-corrected chi connectivity index (χ0v) is 7.03. The third-order valence-corrected chi connectivity index (χ3v) is 1.64. The molecule has 0 fully saturated rings. The Morgan fingerprint density at radius 2 is 2.42 bits per heavy atom. The molecule has 1 unspecified atom stereocenters. The number of nitrogens with zero attached hydrogens (tertiary/aromatic N) is 1. The number of aromatic nitrogens is 1. The summed E-state index contributed by atoms with van der Waals surface area (Å²) in [6, 6.07) is 1.88. The van der Waals surface area contributed by atoms with Crippen LogP contribution < -0.4 is 11.5 Å². The summed E-state index contributed by atoms with van der Waals surface area (Å²) in [6.07, 6.45) is 3.62. The van der Waals surface area contributed by atoms with E-state index in [-0.39, 0.29) is 18.5 Å². The normalized spacial score (nSPS) is 12.8. The molecule has 1 aromatic heterocycles. The minimum absolute atomic E-state index is 0.000809. The predicted molar refractivity (Wildman–Crippen MR) is 46.2 cm³/mol. The lowest BCUT2D eigenvalue weighted by molar-refractivity contribution is -0.118. The molecule has 0 radical (unpaired) electrons. The number of nitrogens with two attached hydrogens (primary N) is 2. The fourth-order valence-corrected chi connectivity index (χ4v) is 1.01. The van der Waals surface area contributed by atoms with E-state index in [4.69, 9.17) is 11.5 Å². The number of hydrogen-bond donors (Lipinski definition) is 2. The van der Waals surface area contributed by atoms with Gasteiger partial charge < -0.3 is 16.0 Å². The van der Waals surface area contributed by atoms with Gasteiger partial charge in [0.1, 0.15) is 6.54 Å². The molecule has 1 heterocycles. The highest BCUT2D eigenvalue weighted by atomic mass is 16.1. The molecule has 1 amide bonds. The highest BCUT2D eigenvalue weighted by Crippen LogP contribution is 2.08. The molecule has 12 heavy (non-hydrogen) atoms. The first-order valence-electron chi connectivity index (χ1n) is 3.79. The molecule has 1 rings (SSSR count). The van der Waals surface area contributed by atoms with Gasteiger partial charge in [0.15, 0.2) is 0 Å². The van der Waals surface area contributed by atoms with Crippen LogP contribution in [-0.4, -0.2) is 10.5 Å². The van der Waals surface area contributed by atoms with Gasteiger partial charge in [0.25, 0.3) is 0 Å². The SMILES string of the molecule is CC(N)c1ccn(CC(N)=O)c1. The molecule has 0 aliphatic carbocycles. The standard InChI is InChI=1S/C8H13N3O/c1-6(9)7-2-3-11(4-7)5-8(10)12/h2-4,6H,5,9H2,1H3,(H2,10,12). The number of primary amides is 1. The van der Waals surface area contributed by atoms with Gasteiger partial charge in [-0.15, -0.1) is 0 Å². The zero-order valence-electron chi connectivity index (χ0n) is 7.03. The lowest BCUT2D eigenvalue weighted by Gasteiger charge is -2.00. The number of rotatable bonds is 3. The summed E-state index contributed by atoms with van der Waals surface area (Å²) < 4.78 is 1.72. The fraction of sp³-hybridized carbons (Fsp3) is 0.375. The molecule has 4 heteroatoms. The molecule has 0 saturated carbocycles. The first kappa shape index (κ1) is 8.80. The van der Waals surface area contributed by atoms with Crippen LogP contribution in [0.3, 0.4) is 0 Å². The lowest BCUT2D eigenvalue weighted by Crippen LogP contribution is -2.17. The Labute approximate surface area is 71.2 Å². The summed E-state index contributed by atoms with van der Waals surface area (Å²) in [5.41, 5.74) is 11.7. The summed E-state index contributed by atoms with van der Waals surface area (Å²) in [5, 5.41) is 0. The van der Waals surface area contributed by atoms with E-state index in [2.05, 4.69) is 0 Å². The minimum Gasteiger partial charge on any atom is -0.368 e. The van der Waals surface area contributed by atoms with Crippen molar-refractivity contribution in [3.8, 4) is 0 Å². The highest BCUT2D eigenvalue weighted by molar-refractivity contribution is 5.73. The van der Waals surface area contributed by atoms with E-state index in [1.807, 2.05) is 19.2 Å². The third-order valence-electron chi connectivity index (χ3n) is 1.64. The van der Waals surface area contributed by atoms with E-state index in [9.17, 15) is 4.79 Å². The van der Waals surface area contributed by atoms with Crippen molar-refractivity contribution in [1.29, 1.82) is 0 Å². The third kappa shape index (κ3) is 2.10. The van der Waals surface area contributed by atoms with E-state index < -0.39 is 0 Å². The largest absolute Gasteiger partial charge is 0.368 e. The van der Waals surface area contributed by atoms with Crippen LogP contribution in [0.25, 0.3) is 0 Å². The Hall–Kier alpha value is -1.29. The minimum atomic E-state index is -0.346. The van der Waals surface area contributed by atoms with Crippen molar-refractivity contribution in [2.24, 2.45) is 11.5 Å². The molecule has 0 saturated heterocycles. The van der Waals surface area contributed by atoms with Crippen molar-refractivity contribution in [2.75, 3.05) is 0 Å². The molecule has 0 aliphatic heterocycles. The summed E-state index contributed by atoms with van der Waals surface area (Å²) in [4.78, 5) is 10.5. The zero-order chi connectivity index (χ0) is 9.14. The molecule has 0 aliphatic rings. The Balaban J connectivity index is 2.70. The van der Waals surface area contributed by atoms with Crippen molar-refractivity contribution in [2.45, 2.75) is 19.5 Å². The predicted octanol–water partition coefficient (Wildman–Crippen LogP) is -0.00690. The second-order valence-electron chi connectivity index (χ2n) is 2.87. The van der Waals surface area contributed by atoms with Crippen molar-refractivity contribution < 1.29 is 4.79 Å². The van der Waals surface area contributed by atoms with Crippen LogP contribution in [0.2, 0.25) is 0 Å². The molecule has 4 nitrogen and oxygen atoms in total. The molecule has 1 aromatic rings. The average molecular weight is 167 g/mol. The molecule has 4 N–H and O–H groups in total. The van der Waals surface area contributed by atoms with Gasteiger partial charge in [0.05, 0.1) is 0 Å². The van der Waals surface area contributed by atoms with Gasteiger partial charge in [-0.3, -0.25) is 4.79 Å². The van der Waals surface area contributed by atoms with Crippen LogP contribution in [-0.2, 0) is 11.3 Å². The maximum absolute atomic E-state index is 10.5. The molecule has 0 spiro atoms. The van der Waals surface area contributed by atoms with Crippen molar-refractivity contribution in [3.05, 3.63) is 24.0 Å². The maximum Gasteiger partial charge on any atom is 0.237 e. The van der Waals surface area contributed by atoms with Crippen molar-refractivity contribution in [1.82, 2.24) is 4.57 Å². The van der Waals surface area contributed by atoms with Gasteiger partial charge in [-0.25, -0.2) is 0 Å². The quantitative estimate of drug-likeness (QED) is 0.664. The number of carbonyl (C=O) groups is 1. The van der Waals surface area contributed by atoms with E-state index in [1.54, 1.807) is 10.8 Å². The van der Waals surface area contributed by atoms with E-state index >= 15 is 0 Å². The second-order valence-corrected chi connectivity index (χ2v) is 2.87. The monoisotopic (exact) mass is 167 g/mol. The smallest absolute Gasteiger partial charge is 0.237 e. The summed E-state index contributed by atoms with van der Waals surface area (Å²) in [5.74, 6) is -0.346. The molecular weight excluding hydrogens is 154 g/mol. The first-order valence-corrected chi connectivity index (χ1v) is 3.79. The Morgan fingerprint density at radius 3 is 2.83 bits per heavy atom. The molecule has 0 bridgehead atoms. The van der Waals surface area contributed by atoms with Gasteiger partial charge >= 0.3 is 0 Å². The van der Waals surface area contributed by atoms with Crippen LogP contribution in [0.4, 0.5) is 0 Å². The van der Waals surface area contributed by atoms with Crippen LogP contribution in [0.15, 0.2) is 18.5 Å². The van der Waals surface area contributed by atoms with Gasteiger partial charge in [0.2, 0.25) is 5.91 Å². The first-order chi connectivity index (χ1) is 5.59. The molecule has 0 aromatic carbocycles. The topological polar surface area (TPSA) is 74.0 Å². The van der Waals surface area contributed by atoms with Crippen LogP contribution in [0.5, 0.6) is 0 Å². The molecule has 66 valence electrons. The van der Waals surface area contributed by atoms with E-state index in [1.165, 1.54) is 0 Å². The van der Waals surface area contributed by atoms with E-state index in [0.717, 1.165) is 5.56 Å². The number of hydrogen-bond acceptors (Lipinski definition) is 2. The van der Waals surface area contributed by atoms with Gasteiger partial charge in [-0.1, -0.05) is 0 Å². The van der Waals surface area contributed by atoms with Crippen molar-refractivity contribution >= 4 is 5.91 Å². The Morgan fingerprint density at radius 1 is 1.75 bits per heavy atom. The number of carbonyl (C=O) groups excluding carboxylic acids is 1. The van der Waals surface area contributed by atoms with Gasteiger partial charge in [0, 0.05) is 18.4 Å². The highest BCUT2D eigenvalue weighted by Gasteiger charge is 2.02. The maximum atomic E-state index is 10.5. The van der Waals surface area contributed by atoms with Crippen LogP contribution in [0, 0.1) is 0 Å². The Kier molecular flexibility index (Phi) is 2.50. The second kappa shape index (κ2) is 3.40. The van der Waals surface area contributed by atoms with E-state index in [0.29, 0.717) is 0 Å². The molecular formula is C8H13N3O. The van der Waals surface area contributed by atoms with Gasteiger partial charge in [-0.2, -0.15) is 0 Å². The lowest BCUT2D eigenvalue weighted by atomic mass is 10.2. The average Bonchev–Trinajstić information content (AvgIpc) is 2.34. The Bertz CT molecular complexity index is 278. The van der Waals surface area contributed by atoms with Gasteiger partial charge in [-0.05, 0) is 18.6 Å². The van der Waals surface area contributed by atoms with Crippen LogP contribution in [0.1, 0.15) is 18.5 Å². The summed E-state index contributed by atoms with van der Waals surface area (Å²) >= 11 is 0. The number of amides is 1. The molecule has 1 atom stereocenters.